The lowest BCUT2D eigenvalue weighted by atomic mass is 9.94. The van der Waals surface area contributed by atoms with E-state index in [0.717, 1.165) is 44.6 Å². The Morgan fingerprint density at radius 3 is 2.62 bits per heavy atom. The number of para-hydroxylation sites is 1. The first-order valence-electron chi connectivity index (χ1n) is 10.6. The molecule has 0 unspecified atom stereocenters. The summed E-state index contributed by atoms with van der Waals surface area (Å²) in [4.78, 5) is 20.2. The van der Waals surface area contributed by atoms with E-state index in [-0.39, 0.29) is 11.8 Å². The van der Waals surface area contributed by atoms with Gasteiger partial charge in [0.2, 0.25) is 5.91 Å². The molecule has 1 saturated heterocycles. The van der Waals surface area contributed by atoms with Crippen LogP contribution in [0.25, 0.3) is 0 Å². The molecule has 0 aromatic heterocycles. The molecule has 0 N–H and O–H groups in total. The molecule has 0 atom stereocenters. The molecule has 0 radical (unpaired) electrons. The highest BCUT2D eigenvalue weighted by molar-refractivity contribution is 5.98. The van der Waals surface area contributed by atoms with Crippen molar-refractivity contribution in [1.82, 2.24) is 4.90 Å². The van der Waals surface area contributed by atoms with Crippen molar-refractivity contribution in [2.45, 2.75) is 32.7 Å². The highest BCUT2D eigenvalue weighted by atomic mass is 16.2. The number of hydrogen-bond donors (Lipinski definition) is 0. The second-order valence-corrected chi connectivity index (χ2v) is 8.27. The monoisotopic (exact) mass is 385 g/mol. The first-order valence-corrected chi connectivity index (χ1v) is 10.6. The molecular weight excluding hydrogens is 358 g/mol. The Morgan fingerprint density at radius 1 is 1.03 bits per heavy atom. The maximum Gasteiger partial charge on any atom is 0.234 e. The van der Waals surface area contributed by atoms with Crippen molar-refractivity contribution in [1.29, 1.82) is 0 Å². The zero-order valence-electron chi connectivity index (χ0n) is 16.9. The first kappa shape index (κ1) is 18.0. The van der Waals surface area contributed by atoms with E-state index in [1.165, 1.54) is 22.5 Å². The lowest BCUT2D eigenvalue weighted by Crippen LogP contribution is -2.41. The normalized spacial score (nSPS) is 18.9. The van der Waals surface area contributed by atoms with Crippen molar-refractivity contribution in [3.63, 3.8) is 0 Å². The molecule has 1 fully saturated rings. The minimum Gasteiger partial charge on any atom is -0.371 e. The maximum atomic E-state index is 13.6. The third-order valence-corrected chi connectivity index (χ3v) is 6.30. The predicted octanol–water partition coefficient (Wildman–Crippen LogP) is 4.82. The third kappa shape index (κ3) is 3.44. The SMILES string of the molecule is Cc1ccc2c(c1)CN1C=CCC1=CN2C(=O)C1CCN(c2ccccc2)CC1. The molecule has 4 heteroatoms. The summed E-state index contributed by atoms with van der Waals surface area (Å²) in [6.45, 7) is 4.80. The van der Waals surface area contributed by atoms with Gasteiger partial charge in [-0.2, -0.15) is 0 Å². The number of piperidine rings is 1. The van der Waals surface area contributed by atoms with Crippen LogP contribution in [0, 0.1) is 12.8 Å². The number of hydrogen-bond acceptors (Lipinski definition) is 3. The summed E-state index contributed by atoms with van der Waals surface area (Å²) >= 11 is 0. The molecule has 0 bridgehead atoms. The van der Waals surface area contributed by atoms with Gasteiger partial charge in [0.05, 0.1) is 5.69 Å². The highest BCUT2D eigenvalue weighted by Crippen LogP contribution is 2.35. The number of carbonyl (C=O) groups excluding carboxylic acids is 1. The highest BCUT2D eigenvalue weighted by Gasteiger charge is 2.32. The number of amides is 1. The van der Waals surface area contributed by atoms with E-state index in [0.29, 0.717) is 0 Å². The molecule has 2 aromatic carbocycles. The standard InChI is InChI=1S/C25H27N3O/c1-19-9-10-24-21(16-19)17-27-13-5-8-23(27)18-28(24)25(29)20-11-14-26(15-12-20)22-6-3-2-4-7-22/h2-7,9-10,13,16,18,20H,8,11-12,14-15,17H2,1H3. The molecule has 0 aliphatic carbocycles. The summed E-state index contributed by atoms with van der Waals surface area (Å²) in [6.07, 6.45) is 9.08. The number of allylic oxidation sites excluding steroid dienone is 1. The predicted molar refractivity (Wildman–Crippen MR) is 117 cm³/mol. The Balaban J connectivity index is 1.38. The van der Waals surface area contributed by atoms with Crippen LogP contribution in [0.1, 0.15) is 30.4 Å². The molecule has 148 valence electrons. The second-order valence-electron chi connectivity index (χ2n) is 8.27. The summed E-state index contributed by atoms with van der Waals surface area (Å²) in [5, 5.41) is 0. The molecule has 29 heavy (non-hydrogen) atoms. The first-order chi connectivity index (χ1) is 14.2. The van der Waals surface area contributed by atoms with Gasteiger partial charge in [0, 0.05) is 55.8 Å². The third-order valence-electron chi connectivity index (χ3n) is 6.30. The van der Waals surface area contributed by atoms with Gasteiger partial charge in [-0.05, 0) is 43.5 Å². The molecule has 0 saturated carbocycles. The summed E-state index contributed by atoms with van der Waals surface area (Å²) in [5.74, 6) is 0.311. The van der Waals surface area contributed by atoms with Crippen molar-refractivity contribution in [2.75, 3.05) is 22.9 Å². The van der Waals surface area contributed by atoms with Gasteiger partial charge in [0.25, 0.3) is 0 Å². The van der Waals surface area contributed by atoms with Crippen LogP contribution in [-0.2, 0) is 11.3 Å². The average molecular weight is 386 g/mol. The number of fused-ring (bicyclic) bond motifs is 2. The fraction of sp³-hybridized carbons (Fsp3) is 0.320. The van der Waals surface area contributed by atoms with Crippen molar-refractivity contribution in [2.24, 2.45) is 5.92 Å². The molecular formula is C25H27N3O. The van der Waals surface area contributed by atoms with Gasteiger partial charge in [0.1, 0.15) is 0 Å². The lowest BCUT2D eigenvalue weighted by molar-refractivity contribution is -0.122. The molecule has 4 nitrogen and oxygen atoms in total. The summed E-state index contributed by atoms with van der Waals surface area (Å²) in [6, 6.07) is 17.0. The van der Waals surface area contributed by atoms with E-state index in [1.54, 1.807) is 0 Å². The minimum absolute atomic E-state index is 0.0712. The molecule has 3 aliphatic rings. The Bertz CT molecular complexity index is 971. The quantitative estimate of drug-likeness (QED) is 0.742. The number of rotatable bonds is 2. The van der Waals surface area contributed by atoms with Gasteiger partial charge in [-0.1, -0.05) is 42.0 Å². The van der Waals surface area contributed by atoms with Gasteiger partial charge in [-0.25, -0.2) is 0 Å². The van der Waals surface area contributed by atoms with Crippen LogP contribution in [0.5, 0.6) is 0 Å². The average Bonchev–Trinajstić information content (AvgIpc) is 3.13. The molecule has 5 rings (SSSR count). The van der Waals surface area contributed by atoms with Gasteiger partial charge in [-0.3, -0.25) is 9.69 Å². The summed E-state index contributed by atoms with van der Waals surface area (Å²) < 4.78 is 0. The Hall–Kier alpha value is -3.01. The van der Waals surface area contributed by atoms with Gasteiger partial charge in [0.15, 0.2) is 0 Å². The fourth-order valence-corrected chi connectivity index (χ4v) is 4.68. The van der Waals surface area contributed by atoms with Crippen LogP contribution in [0.15, 0.2) is 72.7 Å². The van der Waals surface area contributed by atoms with Crippen molar-refractivity contribution < 1.29 is 4.79 Å². The zero-order chi connectivity index (χ0) is 19.8. The van der Waals surface area contributed by atoms with Crippen LogP contribution < -0.4 is 9.80 Å². The molecule has 1 amide bonds. The van der Waals surface area contributed by atoms with Crippen LogP contribution in [0.3, 0.4) is 0 Å². The van der Waals surface area contributed by atoms with E-state index in [9.17, 15) is 4.79 Å². The summed E-state index contributed by atoms with van der Waals surface area (Å²) in [5.41, 5.74) is 5.95. The number of carbonyl (C=O) groups is 1. The van der Waals surface area contributed by atoms with Gasteiger partial charge < -0.3 is 9.80 Å². The molecule has 2 aromatic rings. The van der Waals surface area contributed by atoms with Crippen LogP contribution in [0.2, 0.25) is 0 Å². The van der Waals surface area contributed by atoms with E-state index in [1.807, 2.05) is 11.0 Å². The summed E-state index contributed by atoms with van der Waals surface area (Å²) in [7, 11) is 0. The lowest BCUT2D eigenvalue weighted by Gasteiger charge is -2.35. The number of benzene rings is 2. The number of anilines is 2. The second kappa shape index (κ2) is 7.43. The van der Waals surface area contributed by atoms with Crippen LogP contribution >= 0.6 is 0 Å². The minimum atomic E-state index is 0.0712. The van der Waals surface area contributed by atoms with Crippen molar-refractivity contribution in [3.8, 4) is 0 Å². The van der Waals surface area contributed by atoms with E-state index in [4.69, 9.17) is 0 Å². The smallest absolute Gasteiger partial charge is 0.234 e. The Morgan fingerprint density at radius 2 is 1.83 bits per heavy atom. The van der Waals surface area contributed by atoms with E-state index in [2.05, 4.69) is 77.7 Å². The van der Waals surface area contributed by atoms with Gasteiger partial charge >= 0.3 is 0 Å². The maximum absolute atomic E-state index is 13.6. The van der Waals surface area contributed by atoms with E-state index >= 15 is 0 Å². The Kier molecular flexibility index (Phi) is 4.62. The van der Waals surface area contributed by atoms with E-state index < -0.39 is 0 Å². The van der Waals surface area contributed by atoms with Crippen LogP contribution in [-0.4, -0.2) is 23.9 Å². The zero-order valence-corrected chi connectivity index (χ0v) is 16.9. The van der Waals surface area contributed by atoms with Crippen LogP contribution in [0.4, 0.5) is 11.4 Å². The topological polar surface area (TPSA) is 26.8 Å². The largest absolute Gasteiger partial charge is 0.371 e. The fourth-order valence-electron chi connectivity index (χ4n) is 4.68. The van der Waals surface area contributed by atoms with Crippen molar-refractivity contribution >= 4 is 17.3 Å². The Labute approximate surface area is 172 Å². The molecule has 0 spiro atoms. The van der Waals surface area contributed by atoms with Crippen molar-refractivity contribution in [3.05, 3.63) is 83.8 Å². The number of aryl methyl sites for hydroxylation is 1. The van der Waals surface area contributed by atoms with Gasteiger partial charge in [-0.15, -0.1) is 0 Å². The molecule has 3 heterocycles. The number of nitrogens with zero attached hydrogens (tertiary/aromatic N) is 3. The molecule has 3 aliphatic heterocycles.